The second-order valence-electron chi connectivity index (χ2n) is 6.70. The van der Waals surface area contributed by atoms with Crippen molar-refractivity contribution in [2.75, 3.05) is 12.0 Å². The van der Waals surface area contributed by atoms with E-state index in [1.165, 1.54) is 12.0 Å². The summed E-state index contributed by atoms with van der Waals surface area (Å²) in [5.41, 5.74) is 1.10. The maximum Gasteiger partial charge on any atom is 0.382 e. The molecule has 1 aromatic heterocycles. The van der Waals surface area contributed by atoms with E-state index >= 15 is 0 Å². The molecule has 7 heteroatoms. The van der Waals surface area contributed by atoms with Crippen LogP contribution in [0.3, 0.4) is 0 Å². The molecule has 2 N–H and O–H groups in total. The van der Waals surface area contributed by atoms with Crippen molar-refractivity contribution in [3.63, 3.8) is 0 Å². The van der Waals surface area contributed by atoms with Crippen molar-refractivity contribution in [2.24, 2.45) is 0 Å². The van der Waals surface area contributed by atoms with Crippen molar-refractivity contribution in [3.05, 3.63) is 94.1 Å². The summed E-state index contributed by atoms with van der Waals surface area (Å²) in [6, 6.07) is 18.5. The number of rotatable bonds is 4. The minimum Gasteiger partial charge on any atom is -0.507 e. The maximum atomic E-state index is 13.1. The number of benzene rings is 2. The van der Waals surface area contributed by atoms with E-state index in [1.807, 2.05) is 24.3 Å². The van der Waals surface area contributed by atoms with Crippen LogP contribution >= 0.6 is 15.9 Å². The first-order chi connectivity index (χ1) is 14.5. The Bertz CT molecular complexity index is 1160. The number of carbonyl (C=O) groups is 2. The van der Waals surface area contributed by atoms with Gasteiger partial charge in [-0.25, -0.2) is 9.78 Å². The van der Waals surface area contributed by atoms with Crippen LogP contribution in [0, 0.1) is 0 Å². The molecule has 1 aliphatic heterocycles. The zero-order chi connectivity index (χ0) is 21.3. The molecule has 1 amide bonds. The first-order valence-corrected chi connectivity index (χ1v) is 9.98. The minimum atomic E-state index is -0.799. The molecule has 3 aromatic rings. The third-order valence-corrected chi connectivity index (χ3v) is 5.40. The third-order valence-electron chi connectivity index (χ3n) is 4.90. The fourth-order valence-electron chi connectivity index (χ4n) is 3.53. The van der Waals surface area contributed by atoms with Crippen molar-refractivity contribution in [1.29, 1.82) is 0 Å². The Labute approximate surface area is 181 Å². The Hall–Kier alpha value is -3.45. The van der Waals surface area contributed by atoms with E-state index in [1.54, 1.807) is 48.7 Å². The molecule has 1 atom stereocenters. The van der Waals surface area contributed by atoms with E-state index < -0.39 is 17.7 Å². The van der Waals surface area contributed by atoms with E-state index in [0.717, 1.165) is 4.47 Å². The van der Waals surface area contributed by atoms with Crippen LogP contribution in [0.2, 0.25) is 0 Å². The highest BCUT2D eigenvalue weighted by Gasteiger charge is 2.53. The number of ether oxygens (including phenoxy) is 1. The Morgan fingerprint density at radius 1 is 1.07 bits per heavy atom. The molecule has 30 heavy (non-hydrogen) atoms. The van der Waals surface area contributed by atoms with Crippen molar-refractivity contribution < 1.29 is 24.4 Å². The molecule has 1 saturated heterocycles. The average Bonchev–Trinajstić information content (AvgIpc) is 3.04. The normalized spacial score (nSPS) is 17.9. The Kier molecular flexibility index (Phi) is 5.37. The molecular formula is C23H18BrN2O4+. The van der Waals surface area contributed by atoms with Gasteiger partial charge in [-0.1, -0.05) is 46.3 Å². The van der Waals surface area contributed by atoms with Gasteiger partial charge in [0.25, 0.3) is 11.6 Å². The molecule has 6 nitrogen and oxygen atoms in total. The largest absolute Gasteiger partial charge is 0.507 e. The number of aromatic nitrogens is 1. The van der Waals surface area contributed by atoms with Gasteiger partial charge >= 0.3 is 5.91 Å². The van der Waals surface area contributed by atoms with Gasteiger partial charge in [-0.15, -0.1) is 0 Å². The molecular weight excluding hydrogens is 448 g/mol. The quantitative estimate of drug-likeness (QED) is 0.359. The molecule has 0 saturated carbocycles. The van der Waals surface area contributed by atoms with Crippen LogP contribution < -0.4 is 14.6 Å². The van der Waals surface area contributed by atoms with Gasteiger partial charge < -0.3 is 9.84 Å². The number of amides is 1. The van der Waals surface area contributed by atoms with Gasteiger partial charge in [-0.3, -0.25) is 4.79 Å². The van der Waals surface area contributed by atoms with Crippen LogP contribution in [0.1, 0.15) is 17.2 Å². The molecule has 2 aromatic carbocycles. The van der Waals surface area contributed by atoms with E-state index in [-0.39, 0.29) is 11.3 Å². The van der Waals surface area contributed by atoms with Crippen LogP contribution in [-0.2, 0) is 9.59 Å². The van der Waals surface area contributed by atoms with Gasteiger partial charge in [0.2, 0.25) is 0 Å². The summed E-state index contributed by atoms with van der Waals surface area (Å²) in [5, 5.41) is 11.1. The van der Waals surface area contributed by atoms with Gasteiger partial charge in [-0.05, 0) is 30.3 Å². The van der Waals surface area contributed by atoms with Gasteiger partial charge in [0.05, 0.1) is 18.9 Å². The lowest BCUT2D eigenvalue weighted by Crippen LogP contribution is -2.33. The van der Waals surface area contributed by atoms with Gasteiger partial charge in [0.15, 0.2) is 6.04 Å². The van der Waals surface area contributed by atoms with Crippen LogP contribution in [-0.4, -0.2) is 23.9 Å². The summed E-state index contributed by atoms with van der Waals surface area (Å²) >= 11 is 3.45. The molecule has 4 rings (SSSR count). The maximum absolute atomic E-state index is 13.1. The standard InChI is InChI=1S/C23H17BrN2O4/c1-30-17-9-5-7-15(13-17)21(27)19-20(14-6-4-8-16(24)12-14)26(23(29)22(19)28)18-10-2-3-11-25-18/h2-13,20,27H,1H3/p+1. The van der Waals surface area contributed by atoms with E-state index in [9.17, 15) is 14.7 Å². The molecule has 0 aliphatic carbocycles. The fourth-order valence-corrected chi connectivity index (χ4v) is 3.95. The number of nitrogens with one attached hydrogen (secondary N) is 1. The number of hydrogen-bond acceptors (Lipinski definition) is 4. The first kappa shape index (κ1) is 19.8. The topological polar surface area (TPSA) is 81.0 Å². The number of Topliss-reactive ketones (excluding diaryl/α,β-unsaturated/α-hetero) is 1. The van der Waals surface area contributed by atoms with E-state index in [0.29, 0.717) is 22.7 Å². The monoisotopic (exact) mass is 465 g/mol. The summed E-state index contributed by atoms with van der Waals surface area (Å²) in [5.74, 6) is -0.738. The van der Waals surface area contributed by atoms with Crippen LogP contribution in [0.5, 0.6) is 5.75 Å². The van der Waals surface area contributed by atoms with E-state index in [4.69, 9.17) is 4.74 Å². The zero-order valence-corrected chi connectivity index (χ0v) is 17.6. The number of carbonyl (C=O) groups excluding carboxylic acids is 2. The highest BCUT2D eigenvalue weighted by atomic mass is 79.9. The summed E-state index contributed by atoms with van der Waals surface area (Å²) in [6.45, 7) is 0. The second-order valence-corrected chi connectivity index (χ2v) is 7.62. The number of pyridine rings is 1. The fraction of sp³-hybridized carbons (Fsp3) is 0.0870. The predicted molar refractivity (Wildman–Crippen MR) is 115 cm³/mol. The molecule has 1 fully saturated rings. The predicted octanol–water partition coefficient (Wildman–Crippen LogP) is 3.90. The van der Waals surface area contributed by atoms with Crippen molar-refractivity contribution in [3.8, 4) is 5.75 Å². The highest BCUT2D eigenvalue weighted by molar-refractivity contribution is 9.10. The van der Waals surface area contributed by atoms with Gasteiger partial charge in [0.1, 0.15) is 11.5 Å². The van der Waals surface area contributed by atoms with Crippen molar-refractivity contribution in [1.82, 2.24) is 0 Å². The summed E-state index contributed by atoms with van der Waals surface area (Å²) in [6.07, 6.45) is 1.68. The van der Waals surface area contributed by atoms with E-state index in [2.05, 4.69) is 20.9 Å². The minimum absolute atomic E-state index is 0.0172. The molecule has 2 heterocycles. The van der Waals surface area contributed by atoms with Crippen LogP contribution in [0.15, 0.2) is 83.0 Å². The summed E-state index contributed by atoms with van der Waals surface area (Å²) in [4.78, 5) is 30.5. The molecule has 150 valence electrons. The smallest absolute Gasteiger partial charge is 0.382 e. The number of H-pyrrole nitrogens is 1. The molecule has 1 unspecified atom stereocenters. The average molecular weight is 466 g/mol. The van der Waals surface area contributed by atoms with Gasteiger partial charge in [0, 0.05) is 21.7 Å². The number of aliphatic hydroxyl groups is 1. The third kappa shape index (κ3) is 3.48. The second kappa shape index (κ2) is 8.12. The summed E-state index contributed by atoms with van der Waals surface area (Å²) in [7, 11) is 1.52. The number of nitrogens with zero attached hydrogens (tertiary/aromatic N) is 1. The molecule has 1 aliphatic rings. The number of halogens is 1. The van der Waals surface area contributed by atoms with Crippen LogP contribution in [0.4, 0.5) is 5.82 Å². The first-order valence-electron chi connectivity index (χ1n) is 9.19. The van der Waals surface area contributed by atoms with Crippen LogP contribution in [0.25, 0.3) is 5.76 Å². The van der Waals surface area contributed by atoms with Crippen molar-refractivity contribution in [2.45, 2.75) is 6.04 Å². The number of hydrogen-bond donors (Lipinski definition) is 1. The lowest BCUT2D eigenvalue weighted by molar-refractivity contribution is -0.363. The number of aliphatic hydroxyl groups excluding tert-OH is 1. The number of methoxy groups -OCH3 is 1. The number of anilines is 1. The lowest BCUT2D eigenvalue weighted by atomic mass is 9.95. The Morgan fingerprint density at radius 3 is 2.57 bits per heavy atom. The SMILES string of the molecule is COc1cccc(C(O)=C2C(=O)C(=O)N(c3cccc[nH+]3)C2c2cccc(Br)c2)c1. The zero-order valence-electron chi connectivity index (χ0n) is 16.0. The number of aromatic amines is 1. The molecule has 0 bridgehead atoms. The number of ketones is 1. The lowest BCUT2D eigenvalue weighted by Gasteiger charge is -2.18. The highest BCUT2D eigenvalue weighted by Crippen LogP contribution is 2.41. The molecule has 0 spiro atoms. The Balaban J connectivity index is 1.95. The molecule has 0 radical (unpaired) electrons. The summed E-state index contributed by atoms with van der Waals surface area (Å²) < 4.78 is 6.02. The van der Waals surface area contributed by atoms with Gasteiger partial charge in [-0.2, -0.15) is 4.90 Å². The Morgan fingerprint density at radius 2 is 1.87 bits per heavy atom. The van der Waals surface area contributed by atoms with Crippen molar-refractivity contribution >= 4 is 39.2 Å².